The molecule has 0 aromatic carbocycles. The topological polar surface area (TPSA) is 76.0 Å². The highest BCUT2D eigenvalue weighted by molar-refractivity contribution is 5.87. The van der Waals surface area contributed by atoms with E-state index in [1.807, 2.05) is 6.08 Å². The molecule has 0 fully saturated rings. The fourth-order valence-electron chi connectivity index (χ4n) is 2.70. The van der Waals surface area contributed by atoms with Crippen LogP contribution in [0.15, 0.2) is 23.5 Å². The van der Waals surface area contributed by atoms with Gasteiger partial charge < -0.3 is 19.7 Å². The third kappa shape index (κ3) is 1.75. The van der Waals surface area contributed by atoms with E-state index in [4.69, 9.17) is 14.6 Å². The molecule has 2 N–H and O–H groups in total. The molecule has 2 aliphatic rings. The molecule has 0 amide bonds. The van der Waals surface area contributed by atoms with Crippen molar-refractivity contribution in [1.82, 2.24) is 0 Å². The van der Waals surface area contributed by atoms with E-state index in [0.29, 0.717) is 6.42 Å². The molecule has 94 valence electrons. The Kier molecular flexibility index (Phi) is 2.97. The molecule has 0 saturated carbocycles. The summed E-state index contributed by atoms with van der Waals surface area (Å²) >= 11 is 0. The minimum atomic E-state index is -0.981. The van der Waals surface area contributed by atoms with Gasteiger partial charge in [-0.15, -0.1) is 0 Å². The zero-order chi connectivity index (χ0) is 12.6. The summed E-state index contributed by atoms with van der Waals surface area (Å²) in [6.07, 6.45) is 3.74. The Bertz CT molecular complexity index is 398. The van der Waals surface area contributed by atoms with E-state index in [1.54, 1.807) is 6.92 Å². The minimum absolute atomic E-state index is 0.101. The molecule has 3 unspecified atom stereocenters. The van der Waals surface area contributed by atoms with Crippen LogP contribution in [0.5, 0.6) is 0 Å². The lowest BCUT2D eigenvalue weighted by Crippen LogP contribution is -2.46. The van der Waals surface area contributed by atoms with Crippen LogP contribution in [0.4, 0.5) is 0 Å². The second kappa shape index (κ2) is 4.16. The Morgan fingerprint density at radius 2 is 2.41 bits per heavy atom. The van der Waals surface area contributed by atoms with Gasteiger partial charge in [0.1, 0.15) is 0 Å². The van der Waals surface area contributed by atoms with Gasteiger partial charge in [-0.25, -0.2) is 4.79 Å². The maximum Gasteiger partial charge on any atom is 0.335 e. The molecule has 1 aliphatic carbocycles. The number of carbonyl (C=O) groups is 1. The van der Waals surface area contributed by atoms with Crippen molar-refractivity contribution in [2.45, 2.75) is 19.1 Å². The molecular weight excluding hydrogens is 224 g/mol. The minimum Gasteiger partial charge on any atom is -0.478 e. The summed E-state index contributed by atoms with van der Waals surface area (Å²) in [5.74, 6) is -2.32. The second-order valence-corrected chi connectivity index (χ2v) is 4.47. The number of allylic oxidation sites excluding steroid dienone is 1. The van der Waals surface area contributed by atoms with Gasteiger partial charge in [0.15, 0.2) is 0 Å². The lowest BCUT2D eigenvalue weighted by Gasteiger charge is -2.41. The third-order valence-electron chi connectivity index (χ3n) is 3.65. The van der Waals surface area contributed by atoms with Gasteiger partial charge in [0.2, 0.25) is 5.79 Å². The lowest BCUT2D eigenvalue weighted by atomic mass is 9.78. The van der Waals surface area contributed by atoms with Crippen LogP contribution < -0.4 is 0 Å². The van der Waals surface area contributed by atoms with Crippen molar-refractivity contribution >= 4 is 5.97 Å². The highest BCUT2D eigenvalue weighted by Crippen LogP contribution is 2.47. The summed E-state index contributed by atoms with van der Waals surface area (Å²) in [4.78, 5) is 11.1. The van der Waals surface area contributed by atoms with Crippen molar-refractivity contribution < 1.29 is 24.5 Å². The molecule has 1 heterocycles. The van der Waals surface area contributed by atoms with Crippen LogP contribution in [0.25, 0.3) is 0 Å². The van der Waals surface area contributed by atoms with E-state index in [9.17, 15) is 9.90 Å². The van der Waals surface area contributed by atoms with Crippen molar-refractivity contribution in [2.75, 3.05) is 13.7 Å². The predicted molar refractivity (Wildman–Crippen MR) is 59.0 cm³/mol. The van der Waals surface area contributed by atoms with Crippen LogP contribution in [0, 0.1) is 11.8 Å². The summed E-state index contributed by atoms with van der Waals surface area (Å²) in [6.45, 7) is 1.66. The Morgan fingerprint density at radius 1 is 1.71 bits per heavy atom. The molecule has 5 nitrogen and oxygen atoms in total. The molecule has 0 radical (unpaired) electrons. The van der Waals surface area contributed by atoms with Gasteiger partial charge >= 0.3 is 5.97 Å². The maximum atomic E-state index is 11.1. The van der Waals surface area contributed by atoms with Gasteiger partial charge in [0, 0.05) is 20.0 Å². The quantitative estimate of drug-likeness (QED) is 0.717. The Hall–Kier alpha value is -1.33. The number of carboxylic acid groups (broad SMARTS) is 1. The average Bonchev–Trinajstić information content (AvgIpc) is 2.74. The highest BCUT2D eigenvalue weighted by Gasteiger charge is 2.50. The first-order chi connectivity index (χ1) is 8.03. The number of rotatable bonds is 3. The summed E-state index contributed by atoms with van der Waals surface area (Å²) in [5.41, 5.74) is 1.02. The first-order valence-corrected chi connectivity index (χ1v) is 5.49. The van der Waals surface area contributed by atoms with E-state index in [1.165, 1.54) is 13.4 Å². The van der Waals surface area contributed by atoms with Crippen LogP contribution in [0.3, 0.4) is 0 Å². The first-order valence-electron chi connectivity index (χ1n) is 5.49. The molecule has 17 heavy (non-hydrogen) atoms. The van der Waals surface area contributed by atoms with E-state index < -0.39 is 11.8 Å². The van der Waals surface area contributed by atoms with E-state index in [2.05, 4.69) is 0 Å². The number of aliphatic hydroxyl groups is 1. The zero-order valence-corrected chi connectivity index (χ0v) is 9.84. The molecule has 0 bridgehead atoms. The van der Waals surface area contributed by atoms with Crippen LogP contribution in [-0.2, 0) is 14.3 Å². The molecule has 0 spiro atoms. The normalized spacial score (nSPS) is 35.7. The third-order valence-corrected chi connectivity index (χ3v) is 3.65. The molecule has 1 aliphatic heterocycles. The fourth-order valence-corrected chi connectivity index (χ4v) is 2.70. The largest absolute Gasteiger partial charge is 0.478 e. The van der Waals surface area contributed by atoms with Crippen LogP contribution in [0.2, 0.25) is 0 Å². The van der Waals surface area contributed by atoms with Gasteiger partial charge in [0.05, 0.1) is 24.4 Å². The number of ether oxygens (including phenoxy) is 2. The van der Waals surface area contributed by atoms with Crippen molar-refractivity contribution in [1.29, 1.82) is 0 Å². The summed E-state index contributed by atoms with van der Waals surface area (Å²) < 4.78 is 10.8. The smallest absolute Gasteiger partial charge is 0.335 e. The molecule has 2 rings (SSSR count). The fraction of sp³-hybridized carbons (Fsp3) is 0.583. The average molecular weight is 240 g/mol. The van der Waals surface area contributed by atoms with Crippen LogP contribution >= 0.6 is 0 Å². The molecular formula is C12H16O5. The monoisotopic (exact) mass is 240 g/mol. The van der Waals surface area contributed by atoms with Crippen molar-refractivity contribution in [3.05, 3.63) is 23.5 Å². The second-order valence-electron chi connectivity index (χ2n) is 4.47. The summed E-state index contributed by atoms with van der Waals surface area (Å²) in [5, 5.41) is 18.4. The summed E-state index contributed by atoms with van der Waals surface area (Å²) in [7, 11) is 1.52. The molecule has 3 atom stereocenters. The number of hydrogen-bond acceptors (Lipinski definition) is 4. The Morgan fingerprint density at radius 3 is 2.94 bits per heavy atom. The van der Waals surface area contributed by atoms with E-state index in [-0.39, 0.29) is 24.0 Å². The Labute approximate surface area is 99.3 Å². The van der Waals surface area contributed by atoms with Gasteiger partial charge in [-0.2, -0.15) is 0 Å². The van der Waals surface area contributed by atoms with E-state index >= 15 is 0 Å². The molecule has 0 aromatic rings. The SMILES string of the molecule is COC1(C)OC=C(C(=O)O)C2CC=C(CO)C21. The highest BCUT2D eigenvalue weighted by atomic mass is 16.7. The zero-order valence-electron chi connectivity index (χ0n) is 9.84. The number of aliphatic carboxylic acids is 1. The van der Waals surface area contributed by atoms with Gasteiger partial charge in [0.25, 0.3) is 0 Å². The van der Waals surface area contributed by atoms with Crippen molar-refractivity contribution in [2.24, 2.45) is 11.8 Å². The van der Waals surface area contributed by atoms with Gasteiger partial charge in [-0.1, -0.05) is 6.08 Å². The lowest BCUT2D eigenvalue weighted by molar-refractivity contribution is -0.220. The molecule has 5 heteroatoms. The number of methoxy groups -OCH3 is 1. The maximum absolute atomic E-state index is 11.1. The predicted octanol–water partition coefficient (Wildman–Crippen LogP) is 0.902. The number of hydrogen-bond donors (Lipinski definition) is 2. The van der Waals surface area contributed by atoms with Crippen molar-refractivity contribution in [3.8, 4) is 0 Å². The number of aliphatic hydroxyl groups excluding tert-OH is 1. The number of carboxylic acids is 1. The standard InChI is InChI=1S/C12H16O5/c1-12(16-2)10-7(5-13)3-4-8(10)9(6-17-12)11(14)15/h3,6,8,10,13H,4-5H2,1-2H3,(H,14,15). The molecule has 0 saturated heterocycles. The molecule has 0 aromatic heterocycles. The summed E-state index contributed by atoms with van der Waals surface area (Å²) in [6, 6.07) is 0. The van der Waals surface area contributed by atoms with Crippen LogP contribution in [0.1, 0.15) is 13.3 Å². The van der Waals surface area contributed by atoms with Gasteiger partial charge in [-0.3, -0.25) is 0 Å². The number of fused-ring (bicyclic) bond motifs is 1. The van der Waals surface area contributed by atoms with Crippen LogP contribution in [-0.4, -0.2) is 35.7 Å². The van der Waals surface area contributed by atoms with E-state index in [0.717, 1.165) is 5.57 Å². The van der Waals surface area contributed by atoms with Crippen molar-refractivity contribution in [3.63, 3.8) is 0 Å². The Balaban J connectivity index is 2.40. The van der Waals surface area contributed by atoms with Gasteiger partial charge in [-0.05, 0) is 12.0 Å². The first kappa shape index (κ1) is 12.1.